The smallest absolute Gasteiger partial charge is 0.228 e. The van der Waals surface area contributed by atoms with Crippen LogP contribution in [0.1, 0.15) is 17.5 Å². The number of carbonyl (C=O) groups is 2. The van der Waals surface area contributed by atoms with Crippen LogP contribution in [0.15, 0.2) is 54.7 Å². The predicted octanol–water partition coefficient (Wildman–Crippen LogP) is 2.97. The molecule has 2 aromatic carbocycles. The number of H-pyrrole nitrogens is 1. The number of nitrogens with one attached hydrogen (secondary N) is 3. The van der Waals surface area contributed by atoms with Crippen LogP contribution < -0.4 is 10.6 Å². The van der Waals surface area contributed by atoms with Gasteiger partial charge in [0.05, 0.1) is 23.1 Å². The Morgan fingerprint density at radius 3 is 2.68 bits per heavy atom. The number of nitrogens with zero attached hydrogens (tertiary/aromatic N) is 1. The zero-order valence-corrected chi connectivity index (χ0v) is 15.2. The molecule has 28 heavy (non-hydrogen) atoms. The van der Waals surface area contributed by atoms with Crippen molar-refractivity contribution in [3.63, 3.8) is 0 Å². The van der Waals surface area contributed by atoms with Gasteiger partial charge in [-0.1, -0.05) is 30.3 Å². The van der Waals surface area contributed by atoms with E-state index >= 15 is 0 Å². The van der Waals surface area contributed by atoms with E-state index in [1.54, 1.807) is 24.3 Å². The molecule has 1 aromatic heterocycles. The molecule has 1 saturated carbocycles. The topological polar surface area (TPSA) is 97.8 Å². The standard InChI is InChI=1S/C22H20N4O2/c23-12-14-5-1-3-7-19(14)26-22(28)18-11-17(18)21(27)24-10-9-15-13-25-20-8-4-2-6-16(15)20/h1-8,13,17-18,25H,9-11H2,(H,24,27)(H,26,28). The molecule has 3 N–H and O–H groups in total. The van der Waals surface area contributed by atoms with Crippen LogP contribution in [0.25, 0.3) is 10.9 Å². The second-order valence-corrected chi connectivity index (χ2v) is 7.00. The lowest BCUT2D eigenvalue weighted by Crippen LogP contribution is -2.29. The third-order valence-electron chi connectivity index (χ3n) is 5.14. The van der Waals surface area contributed by atoms with Gasteiger partial charge in [-0.15, -0.1) is 0 Å². The van der Waals surface area contributed by atoms with Gasteiger partial charge in [0.25, 0.3) is 0 Å². The van der Waals surface area contributed by atoms with Gasteiger partial charge in [-0.3, -0.25) is 9.59 Å². The molecule has 1 aliphatic carbocycles. The van der Waals surface area contributed by atoms with Crippen LogP contribution in [0.5, 0.6) is 0 Å². The first-order chi connectivity index (χ1) is 13.7. The Balaban J connectivity index is 1.27. The summed E-state index contributed by atoms with van der Waals surface area (Å²) in [5.41, 5.74) is 3.14. The summed E-state index contributed by atoms with van der Waals surface area (Å²) in [7, 11) is 0. The fourth-order valence-corrected chi connectivity index (χ4v) is 3.48. The van der Waals surface area contributed by atoms with Gasteiger partial charge < -0.3 is 15.6 Å². The van der Waals surface area contributed by atoms with Crippen molar-refractivity contribution >= 4 is 28.4 Å². The van der Waals surface area contributed by atoms with Gasteiger partial charge in [0.1, 0.15) is 6.07 Å². The van der Waals surface area contributed by atoms with Gasteiger partial charge in [0.2, 0.25) is 11.8 Å². The number of benzene rings is 2. The van der Waals surface area contributed by atoms with Gasteiger partial charge in [-0.2, -0.15) is 5.26 Å². The van der Waals surface area contributed by atoms with Crippen molar-refractivity contribution in [3.8, 4) is 6.07 Å². The average Bonchev–Trinajstić information content (AvgIpc) is 3.43. The molecule has 0 saturated heterocycles. The lowest BCUT2D eigenvalue weighted by molar-refractivity contribution is -0.125. The molecular formula is C22H20N4O2. The van der Waals surface area contributed by atoms with Gasteiger partial charge >= 0.3 is 0 Å². The van der Waals surface area contributed by atoms with E-state index in [2.05, 4.69) is 27.8 Å². The molecule has 6 nitrogen and oxygen atoms in total. The summed E-state index contributed by atoms with van der Waals surface area (Å²) in [6.45, 7) is 0.531. The number of fused-ring (bicyclic) bond motifs is 1. The summed E-state index contributed by atoms with van der Waals surface area (Å²) in [5.74, 6) is -0.926. The van der Waals surface area contributed by atoms with Crippen LogP contribution in [0.4, 0.5) is 5.69 Å². The molecule has 1 fully saturated rings. The van der Waals surface area contributed by atoms with E-state index in [0.717, 1.165) is 22.9 Å². The van der Waals surface area contributed by atoms with Gasteiger partial charge in [-0.25, -0.2) is 0 Å². The first kappa shape index (κ1) is 17.8. The highest BCUT2D eigenvalue weighted by molar-refractivity contribution is 6.00. The molecule has 2 atom stereocenters. The molecule has 0 spiro atoms. The van der Waals surface area contributed by atoms with Crippen molar-refractivity contribution in [1.29, 1.82) is 5.26 Å². The molecule has 6 heteroatoms. The normalized spacial score (nSPS) is 17.7. The number of rotatable bonds is 6. The maximum Gasteiger partial charge on any atom is 0.228 e. The number of para-hydroxylation sites is 2. The van der Waals surface area contributed by atoms with Crippen LogP contribution in [0.2, 0.25) is 0 Å². The Bertz CT molecular complexity index is 1080. The van der Waals surface area contributed by atoms with E-state index in [0.29, 0.717) is 24.2 Å². The lowest BCUT2D eigenvalue weighted by atomic mass is 10.1. The second kappa shape index (κ2) is 7.57. The minimum Gasteiger partial charge on any atom is -0.361 e. The maximum atomic E-state index is 12.4. The number of amides is 2. The Morgan fingerprint density at radius 2 is 1.82 bits per heavy atom. The maximum absolute atomic E-state index is 12.4. The average molecular weight is 372 g/mol. The molecular weight excluding hydrogens is 352 g/mol. The fraction of sp³-hybridized carbons (Fsp3) is 0.227. The zero-order chi connectivity index (χ0) is 19.5. The van der Waals surface area contributed by atoms with E-state index in [1.807, 2.05) is 24.4 Å². The van der Waals surface area contributed by atoms with E-state index in [1.165, 1.54) is 0 Å². The molecule has 1 aliphatic rings. The third-order valence-corrected chi connectivity index (χ3v) is 5.14. The van der Waals surface area contributed by atoms with E-state index < -0.39 is 0 Å². The highest BCUT2D eigenvalue weighted by Gasteiger charge is 2.47. The highest BCUT2D eigenvalue weighted by Crippen LogP contribution is 2.39. The zero-order valence-electron chi connectivity index (χ0n) is 15.2. The van der Waals surface area contributed by atoms with E-state index in [9.17, 15) is 9.59 Å². The first-order valence-electron chi connectivity index (χ1n) is 9.30. The van der Waals surface area contributed by atoms with E-state index in [4.69, 9.17) is 5.26 Å². The Kier molecular flexibility index (Phi) is 4.81. The van der Waals surface area contributed by atoms with Crippen molar-refractivity contribution in [2.24, 2.45) is 11.8 Å². The van der Waals surface area contributed by atoms with E-state index in [-0.39, 0.29) is 23.7 Å². The SMILES string of the molecule is N#Cc1ccccc1NC(=O)C1CC1C(=O)NCCc1c[nH]c2ccccc12. The second-order valence-electron chi connectivity index (χ2n) is 7.00. The number of anilines is 1. The summed E-state index contributed by atoms with van der Waals surface area (Å²) in [6.07, 6.45) is 3.24. The van der Waals surface area contributed by atoms with Crippen LogP contribution in [-0.2, 0) is 16.0 Å². The van der Waals surface area contributed by atoms with Crippen LogP contribution in [-0.4, -0.2) is 23.3 Å². The van der Waals surface area contributed by atoms with Gasteiger partial charge in [-0.05, 0) is 36.6 Å². The Morgan fingerprint density at radius 1 is 1.07 bits per heavy atom. The van der Waals surface area contributed by atoms with Crippen molar-refractivity contribution in [1.82, 2.24) is 10.3 Å². The Labute approximate surface area is 162 Å². The van der Waals surface area contributed by atoms with Crippen molar-refractivity contribution in [2.75, 3.05) is 11.9 Å². The minimum atomic E-state index is -0.333. The molecule has 2 amide bonds. The summed E-state index contributed by atoms with van der Waals surface area (Å²) in [5, 5.41) is 16.0. The number of hydrogen-bond donors (Lipinski definition) is 3. The number of carbonyl (C=O) groups excluding carboxylic acids is 2. The summed E-state index contributed by atoms with van der Waals surface area (Å²) in [4.78, 5) is 27.9. The quantitative estimate of drug-likeness (QED) is 0.620. The monoisotopic (exact) mass is 372 g/mol. The summed E-state index contributed by atoms with van der Waals surface area (Å²) < 4.78 is 0. The molecule has 140 valence electrons. The number of aromatic amines is 1. The van der Waals surface area contributed by atoms with Crippen molar-refractivity contribution in [2.45, 2.75) is 12.8 Å². The fourth-order valence-electron chi connectivity index (χ4n) is 3.48. The largest absolute Gasteiger partial charge is 0.361 e. The molecule has 0 radical (unpaired) electrons. The summed E-state index contributed by atoms with van der Waals surface area (Å²) in [6, 6.07) is 17.0. The summed E-state index contributed by atoms with van der Waals surface area (Å²) >= 11 is 0. The molecule has 3 aromatic rings. The van der Waals surface area contributed by atoms with Crippen LogP contribution in [0, 0.1) is 23.2 Å². The highest BCUT2D eigenvalue weighted by atomic mass is 16.2. The molecule has 0 aliphatic heterocycles. The molecule has 2 unspecified atom stereocenters. The first-order valence-corrected chi connectivity index (χ1v) is 9.30. The number of hydrogen-bond acceptors (Lipinski definition) is 3. The van der Waals surface area contributed by atoms with Crippen LogP contribution in [0.3, 0.4) is 0 Å². The van der Waals surface area contributed by atoms with Crippen molar-refractivity contribution < 1.29 is 9.59 Å². The number of aromatic nitrogens is 1. The number of nitriles is 1. The molecule has 4 rings (SSSR count). The van der Waals surface area contributed by atoms with Crippen molar-refractivity contribution in [3.05, 3.63) is 65.9 Å². The van der Waals surface area contributed by atoms with Gasteiger partial charge in [0.15, 0.2) is 0 Å². The van der Waals surface area contributed by atoms with Gasteiger partial charge in [0, 0.05) is 23.6 Å². The Hall–Kier alpha value is -3.59. The third kappa shape index (κ3) is 3.60. The molecule has 1 heterocycles. The lowest BCUT2D eigenvalue weighted by Gasteiger charge is -2.07. The predicted molar refractivity (Wildman–Crippen MR) is 106 cm³/mol. The minimum absolute atomic E-state index is 0.0893. The van der Waals surface area contributed by atoms with Crippen LogP contribution >= 0.6 is 0 Å². The molecule has 0 bridgehead atoms.